The van der Waals surface area contributed by atoms with Crippen molar-refractivity contribution in [2.45, 2.75) is 0 Å². The van der Waals surface area contributed by atoms with E-state index in [0.29, 0.717) is 0 Å². The van der Waals surface area contributed by atoms with Crippen LogP contribution in [0.2, 0.25) is 0 Å². The predicted molar refractivity (Wildman–Crippen MR) is 91.4 cm³/mol. The van der Waals surface area contributed by atoms with Gasteiger partial charge < -0.3 is 9.76 Å². The van der Waals surface area contributed by atoms with Gasteiger partial charge in [-0.25, -0.2) is 20.8 Å². The molecule has 0 amide bonds. The normalized spacial score (nSPS) is 12.1. The van der Waals surface area contributed by atoms with E-state index < -0.39 is 7.47 Å². The minimum absolute atomic E-state index is 0. The van der Waals surface area contributed by atoms with Crippen molar-refractivity contribution in [3.05, 3.63) is 102 Å². The maximum atomic E-state index is 12.2. The predicted octanol–water partition coefficient (Wildman–Crippen LogP) is 4.15. The molecule has 0 spiro atoms. The third-order valence-electron chi connectivity index (χ3n) is 3.04. The minimum Gasteiger partial charge on any atom is -0.872 e. The van der Waals surface area contributed by atoms with Crippen molar-refractivity contribution in [2.75, 3.05) is 0 Å². The van der Waals surface area contributed by atoms with Crippen LogP contribution in [0.5, 0.6) is 5.75 Å². The Balaban J connectivity index is 0.000000448. The fourth-order valence-electron chi connectivity index (χ4n) is 1.95. The van der Waals surface area contributed by atoms with Crippen LogP contribution in [0.3, 0.4) is 0 Å². The van der Waals surface area contributed by atoms with Crippen molar-refractivity contribution < 1.29 is 35.5 Å². The van der Waals surface area contributed by atoms with Crippen LogP contribution in [-0.2, 0) is 17.1 Å². The molecule has 0 heterocycles. The van der Waals surface area contributed by atoms with Gasteiger partial charge in [-0.2, -0.15) is 18.2 Å². The van der Waals surface area contributed by atoms with E-state index in [1.165, 1.54) is 24.3 Å². The zero-order chi connectivity index (χ0) is 17.2. The van der Waals surface area contributed by atoms with E-state index in [1.54, 1.807) is 12.1 Å². The number of para-hydroxylation sites is 1. The van der Waals surface area contributed by atoms with E-state index in [0.717, 1.165) is 5.57 Å². The van der Waals surface area contributed by atoms with Gasteiger partial charge in [-0.15, -0.1) is 0 Å². The average molecular weight is 380 g/mol. The fraction of sp³-hybridized carbons (Fsp3) is 0. The summed E-state index contributed by atoms with van der Waals surface area (Å²) >= 11 is 0. The zero-order valence-electron chi connectivity index (χ0n) is 13.2. The number of rotatable bonds is 4. The van der Waals surface area contributed by atoms with Crippen LogP contribution in [0.1, 0.15) is 5.56 Å². The molecule has 0 unspecified atom stereocenters. The van der Waals surface area contributed by atoms with E-state index in [4.69, 9.17) is 0 Å². The molecule has 0 fully saturated rings. The van der Waals surface area contributed by atoms with E-state index >= 15 is 0 Å². The molecule has 2 aromatic carbocycles. The molecule has 1 aliphatic carbocycles. The van der Waals surface area contributed by atoms with Crippen LogP contribution >= 0.6 is 0 Å². The van der Waals surface area contributed by atoms with E-state index in [9.17, 15) is 13.7 Å². The van der Waals surface area contributed by atoms with E-state index in [-0.39, 0.29) is 34.1 Å². The molecular formula is C19H15BF2FeO2. The molecule has 2 aromatic rings. The third-order valence-corrected chi connectivity index (χ3v) is 3.04. The van der Waals surface area contributed by atoms with Crippen molar-refractivity contribution in [3.63, 3.8) is 0 Å². The number of benzene rings is 1. The molecule has 0 atom stereocenters. The summed E-state index contributed by atoms with van der Waals surface area (Å²) < 4.78 is 28.8. The molecule has 6 heteroatoms. The molecule has 0 aromatic heterocycles. The summed E-state index contributed by atoms with van der Waals surface area (Å²) in [7, 11) is -2.95. The molecule has 0 radical (unpaired) electrons. The number of hydrogen-bond donors (Lipinski definition) is 0. The van der Waals surface area contributed by atoms with Gasteiger partial charge in [0.15, 0.2) is 0 Å². The molecule has 0 saturated heterocycles. The van der Waals surface area contributed by atoms with Gasteiger partial charge in [-0.05, 0) is 11.6 Å². The summed E-state index contributed by atoms with van der Waals surface area (Å²) in [4.78, 5) is 0. The SMILES string of the molecule is [Fe+2].[O-]C(=CC=C1C=CC=C1)c1ccccc1OB(F)F.c1cc[cH-]c1. The first-order valence-electron chi connectivity index (χ1n) is 7.31. The number of halogens is 2. The van der Waals surface area contributed by atoms with Crippen molar-refractivity contribution in [3.8, 4) is 5.75 Å². The Labute approximate surface area is 156 Å². The number of allylic oxidation sites excluding steroid dienone is 7. The zero-order valence-corrected chi connectivity index (χ0v) is 14.3. The second-order valence-electron chi connectivity index (χ2n) is 4.75. The fourth-order valence-corrected chi connectivity index (χ4v) is 1.95. The summed E-state index contributed by atoms with van der Waals surface area (Å²) in [5.74, 6) is -0.493. The van der Waals surface area contributed by atoms with Gasteiger partial charge in [0, 0.05) is 5.56 Å². The van der Waals surface area contributed by atoms with E-state index in [2.05, 4.69) is 4.65 Å². The average Bonchev–Trinajstić information content (AvgIpc) is 3.28. The van der Waals surface area contributed by atoms with Crippen molar-refractivity contribution in [1.29, 1.82) is 0 Å². The van der Waals surface area contributed by atoms with Crippen molar-refractivity contribution >= 4 is 13.2 Å². The van der Waals surface area contributed by atoms with Gasteiger partial charge in [0.05, 0.1) is 0 Å². The molecule has 0 aliphatic heterocycles. The van der Waals surface area contributed by atoms with Crippen LogP contribution in [-0.4, -0.2) is 7.47 Å². The quantitative estimate of drug-likeness (QED) is 0.454. The first kappa shape index (κ1) is 20.6. The Bertz CT molecular complexity index is 719. The topological polar surface area (TPSA) is 32.3 Å². The largest absolute Gasteiger partial charge is 2.00 e. The molecule has 3 rings (SSSR count). The van der Waals surface area contributed by atoms with Crippen molar-refractivity contribution in [2.24, 2.45) is 0 Å². The first-order chi connectivity index (χ1) is 11.7. The Kier molecular flexibility index (Phi) is 9.22. The Morgan fingerprint density at radius 1 is 1.04 bits per heavy atom. The smallest absolute Gasteiger partial charge is 0.872 e. The standard InChI is InChI=1S/C14H11BF2O2.C5H5.Fe/c16-15(17)19-14-8-4-3-7-12(14)13(18)10-9-11-5-1-2-6-11;1-2-4-5-3-1;/h1-10,18H;1-5H;/q;-1;+2/p-1. The van der Waals surface area contributed by atoms with Gasteiger partial charge in [-0.3, -0.25) is 0 Å². The van der Waals surface area contributed by atoms with Gasteiger partial charge in [0.1, 0.15) is 5.75 Å². The van der Waals surface area contributed by atoms with Gasteiger partial charge in [0.25, 0.3) is 0 Å². The molecule has 0 N–H and O–H groups in total. The third kappa shape index (κ3) is 7.33. The van der Waals surface area contributed by atoms with Crippen LogP contribution in [0.4, 0.5) is 8.63 Å². The second-order valence-corrected chi connectivity index (χ2v) is 4.75. The molecule has 128 valence electrons. The Hall–Kier alpha value is -2.43. The summed E-state index contributed by atoms with van der Waals surface area (Å²) in [6.07, 6.45) is 10.3. The van der Waals surface area contributed by atoms with Gasteiger partial charge in [-0.1, -0.05) is 60.4 Å². The maximum absolute atomic E-state index is 12.2. The number of hydrogen-bond acceptors (Lipinski definition) is 2. The summed E-state index contributed by atoms with van der Waals surface area (Å²) in [5, 5.41) is 11.9. The monoisotopic (exact) mass is 380 g/mol. The molecule has 0 saturated carbocycles. The summed E-state index contributed by atoms with van der Waals surface area (Å²) in [5.41, 5.74) is 0.992. The minimum atomic E-state index is -2.95. The molecule has 2 nitrogen and oxygen atoms in total. The Morgan fingerprint density at radius 3 is 2.24 bits per heavy atom. The first-order valence-corrected chi connectivity index (χ1v) is 7.31. The maximum Gasteiger partial charge on any atom is 2.00 e. The van der Waals surface area contributed by atoms with Crippen molar-refractivity contribution in [1.82, 2.24) is 0 Å². The second kappa shape index (κ2) is 11.2. The molecule has 1 aliphatic rings. The van der Waals surface area contributed by atoms with E-state index in [1.807, 2.05) is 54.6 Å². The van der Waals surface area contributed by atoms with Gasteiger partial charge in [0.2, 0.25) is 0 Å². The summed E-state index contributed by atoms with van der Waals surface area (Å²) in [6.45, 7) is 0. The molecular weight excluding hydrogens is 365 g/mol. The van der Waals surface area contributed by atoms with Crippen LogP contribution < -0.4 is 9.76 Å². The van der Waals surface area contributed by atoms with Crippen LogP contribution in [0.25, 0.3) is 5.76 Å². The van der Waals surface area contributed by atoms with Crippen LogP contribution in [0, 0.1) is 0 Å². The summed E-state index contributed by atoms with van der Waals surface area (Å²) in [6, 6.07) is 15.9. The van der Waals surface area contributed by atoms with Gasteiger partial charge >= 0.3 is 24.5 Å². The van der Waals surface area contributed by atoms with Crippen LogP contribution in [0.15, 0.2) is 96.6 Å². The molecule has 25 heavy (non-hydrogen) atoms. The molecule has 0 bridgehead atoms. The Morgan fingerprint density at radius 2 is 1.68 bits per heavy atom.